The van der Waals surface area contributed by atoms with Crippen LogP contribution in [0.25, 0.3) is 0 Å². The normalized spacial score (nSPS) is 10.0. The molecule has 39 heavy (non-hydrogen) atoms. The monoisotopic (exact) mass is 591 g/mol. The zero-order valence-electron chi connectivity index (χ0n) is 21.6. The van der Waals surface area contributed by atoms with Gasteiger partial charge in [0.2, 0.25) is 0 Å². The molecule has 1 aliphatic carbocycles. The van der Waals surface area contributed by atoms with Crippen LogP contribution in [-0.2, 0) is 9.68 Å². The van der Waals surface area contributed by atoms with Crippen molar-refractivity contribution in [3.63, 3.8) is 0 Å². The number of carbonyl (C=O) groups excluding carboxylic acids is 1. The number of H-pyrrole nitrogens is 1. The molecule has 0 amide bonds. The number of nitrogens with zero attached hydrogens (tertiary/aromatic N) is 3. The first-order chi connectivity index (χ1) is 17.8. The van der Waals surface area contributed by atoms with E-state index in [1.165, 1.54) is 24.3 Å². The van der Waals surface area contributed by atoms with E-state index in [2.05, 4.69) is 20.9 Å². The Balaban J connectivity index is -0.000000495. The molecule has 1 aromatic carbocycles. The van der Waals surface area contributed by atoms with Crippen molar-refractivity contribution in [2.45, 2.75) is 0 Å². The minimum Gasteiger partial charge on any atom is -1.00 e. The van der Waals surface area contributed by atoms with Gasteiger partial charge >= 0.3 is 108 Å². The fourth-order valence-corrected chi connectivity index (χ4v) is 2.06. The van der Waals surface area contributed by atoms with Crippen molar-refractivity contribution in [3.05, 3.63) is 140 Å². The first kappa shape index (κ1) is 38.8. The van der Waals surface area contributed by atoms with E-state index in [0.717, 1.165) is 18.2 Å². The Morgan fingerprint density at radius 3 is 1.85 bits per heavy atom. The standard InChI is InChI=1S/C11H8N2O3.C6H3FNO2.C5H5NO.CH2O3.2K.H/c14-13(15)9-1-3-10(4-2-9)16-11-5-7-12-8-6-11;7-5-1-3-6(4-2-5)8(9)10;7-5-1-3-6-4-2-5;2-1-4-3;;;/h1-8H;1,3-4H;1-4H,(H,6,7);1,3H;;;/q;+1;;;2*+1;-1/p-1. The maximum absolute atomic E-state index is 12.1. The average molecular weight is 592 g/mol. The number of ether oxygens (including phenoxy) is 1. The summed E-state index contributed by atoms with van der Waals surface area (Å²) in [6, 6.07) is 12.3. The Bertz CT molecular complexity index is 1290. The fraction of sp³-hybridized carbons (Fsp3) is 0. The van der Waals surface area contributed by atoms with Gasteiger partial charge in [0.1, 0.15) is 22.5 Å². The molecule has 0 radical (unpaired) electrons. The van der Waals surface area contributed by atoms with Crippen LogP contribution < -0.4 is 118 Å². The predicted molar refractivity (Wildman–Crippen MR) is 125 cm³/mol. The zero-order valence-corrected chi connectivity index (χ0v) is 26.9. The second kappa shape index (κ2) is 23.6. The molecule has 13 nitrogen and oxygen atoms in total. The van der Waals surface area contributed by atoms with Gasteiger partial charge in [-0.2, -0.15) is 4.39 Å². The molecule has 1 N–H and O–H groups in total. The van der Waals surface area contributed by atoms with Crippen LogP contribution in [0.4, 0.5) is 10.1 Å². The molecule has 0 saturated heterocycles. The maximum Gasteiger partial charge on any atom is 1.00 e. The van der Waals surface area contributed by atoms with Crippen molar-refractivity contribution in [1.82, 2.24) is 9.97 Å². The van der Waals surface area contributed by atoms with Crippen molar-refractivity contribution in [3.8, 4) is 11.5 Å². The van der Waals surface area contributed by atoms with Crippen LogP contribution >= 0.6 is 0 Å². The number of hydrogen-bond donors (Lipinski definition) is 1. The third-order valence-corrected chi connectivity index (χ3v) is 3.63. The summed E-state index contributed by atoms with van der Waals surface area (Å²) in [7, 11) is 0. The predicted octanol–water partition coefficient (Wildman–Crippen LogP) is -2.91. The Morgan fingerprint density at radius 2 is 1.46 bits per heavy atom. The van der Waals surface area contributed by atoms with E-state index in [9.17, 15) is 29.4 Å². The molecule has 1 aliphatic rings. The summed E-state index contributed by atoms with van der Waals surface area (Å²) in [4.78, 5) is 47.4. The van der Waals surface area contributed by atoms with Crippen LogP contribution in [0, 0.1) is 26.3 Å². The summed E-state index contributed by atoms with van der Waals surface area (Å²) in [6.45, 7) is -0.181. The van der Waals surface area contributed by atoms with Crippen molar-refractivity contribution >= 4 is 12.2 Å². The van der Waals surface area contributed by atoms with E-state index < -0.39 is 15.7 Å². The number of nitro benzene ring substituents is 1. The largest absolute Gasteiger partial charge is 1.00 e. The molecule has 192 valence electrons. The molecule has 0 saturated carbocycles. The minimum absolute atomic E-state index is 0. The van der Waals surface area contributed by atoms with Gasteiger partial charge in [0.15, 0.2) is 11.5 Å². The van der Waals surface area contributed by atoms with Crippen LogP contribution in [0.15, 0.2) is 108 Å². The van der Waals surface area contributed by atoms with Gasteiger partial charge in [0.25, 0.3) is 18.0 Å². The van der Waals surface area contributed by atoms with Gasteiger partial charge in [-0.1, -0.05) is 0 Å². The molecule has 0 aliphatic heterocycles. The molecule has 0 unspecified atom stereocenters. The Kier molecular flexibility index (Phi) is 23.5. The number of carbonyl (C=O) groups is 1. The topological polar surface area (TPSA) is 191 Å². The van der Waals surface area contributed by atoms with Crippen LogP contribution in [0.5, 0.6) is 11.5 Å². The van der Waals surface area contributed by atoms with Gasteiger partial charge in [0.05, 0.1) is 17.1 Å². The Hall–Kier alpha value is -2.32. The van der Waals surface area contributed by atoms with E-state index in [-0.39, 0.29) is 127 Å². The minimum atomic E-state index is -0.601. The number of non-ortho nitro benzene ring substituents is 1. The third-order valence-electron chi connectivity index (χ3n) is 3.63. The summed E-state index contributed by atoms with van der Waals surface area (Å²) in [5, 5.41) is 28.8. The number of pyridine rings is 2. The number of nitro groups is 2. The number of allylic oxidation sites excluding steroid dienone is 5. The van der Waals surface area contributed by atoms with E-state index >= 15 is 0 Å². The molecule has 0 spiro atoms. The van der Waals surface area contributed by atoms with Crippen LogP contribution in [0.2, 0.25) is 0 Å². The van der Waals surface area contributed by atoms with E-state index in [1.807, 2.05) is 0 Å². The van der Waals surface area contributed by atoms with Crippen LogP contribution in [0.3, 0.4) is 0 Å². The van der Waals surface area contributed by atoms with Gasteiger partial charge in [0, 0.05) is 49.1 Å². The number of benzene rings is 1. The first-order valence-corrected chi connectivity index (χ1v) is 9.76. The van der Waals surface area contributed by atoms with Gasteiger partial charge in [-0.3, -0.25) is 24.7 Å². The van der Waals surface area contributed by atoms with Gasteiger partial charge < -0.3 is 21.3 Å². The fourth-order valence-electron chi connectivity index (χ4n) is 2.06. The number of hydrogen-bond acceptors (Lipinski definition) is 10. The van der Waals surface area contributed by atoms with E-state index in [1.54, 1.807) is 49.1 Å². The van der Waals surface area contributed by atoms with Crippen LogP contribution in [-0.4, -0.2) is 26.3 Å². The first-order valence-electron chi connectivity index (χ1n) is 9.76. The molecule has 16 heteroatoms. The molecular weight excluding hydrogens is 573 g/mol. The number of halogens is 1. The zero-order chi connectivity index (χ0) is 27.5. The van der Waals surface area contributed by atoms with Crippen molar-refractivity contribution < 1.29 is 138 Å². The number of rotatable bonds is 5. The molecule has 4 rings (SSSR count). The van der Waals surface area contributed by atoms with Crippen molar-refractivity contribution in [2.24, 2.45) is 0 Å². The molecule has 2 aromatic heterocycles. The molecule has 0 bridgehead atoms. The smallest absolute Gasteiger partial charge is 1.00 e. The van der Waals surface area contributed by atoms with Crippen molar-refractivity contribution in [1.29, 1.82) is 0 Å². The second-order valence-corrected chi connectivity index (χ2v) is 6.12. The molecule has 0 atom stereocenters. The summed E-state index contributed by atoms with van der Waals surface area (Å²) in [5.41, 5.74) is -0.0674. The second-order valence-electron chi connectivity index (χ2n) is 6.12. The average Bonchev–Trinajstić information content (AvgIpc) is 2.91. The Morgan fingerprint density at radius 1 is 0.923 bits per heavy atom. The van der Waals surface area contributed by atoms with Gasteiger partial charge in [-0.25, -0.2) is 10.1 Å². The molecule has 0 fully saturated rings. The van der Waals surface area contributed by atoms with E-state index in [4.69, 9.17) is 14.8 Å². The summed E-state index contributed by atoms with van der Waals surface area (Å²) >= 11 is 0. The molecule has 3 aromatic rings. The summed E-state index contributed by atoms with van der Waals surface area (Å²) < 4.78 is 17.5. The summed E-state index contributed by atoms with van der Waals surface area (Å²) in [6.07, 6.45) is 11.6. The maximum atomic E-state index is 12.1. The van der Waals surface area contributed by atoms with Crippen LogP contribution in [0.1, 0.15) is 1.43 Å². The van der Waals surface area contributed by atoms with E-state index in [0.29, 0.717) is 11.5 Å². The third kappa shape index (κ3) is 18.6. The number of aromatic nitrogens is 2. The SMILES string of the molecule is O=CO[O-].O=[N+]([O-])C1=C[C+]=C(F)C=C1.O=[N+]([O-])c1ccc(Oc2ccncc2)cc1.O=c1cc[nH]cc1.[H-].[K+].[K+]. The van der Waals surface area contributed by atoms with Gasteiger partial charge in [-0.15, -0.1) is 0 Å². The van der Waals surface area contributed by atoms with Gasteiger partial charge in [-0.05, 0) is 24.3 Å². The molecule has 2 heterocycles. The number of nitrogens with one attached hydrogen (secondary N) is 1. The van der Waals surface area contributed by atoms with Crippen molar-refractivity contribution in [2.75, 3.05) is 0 Å². The Labute approximate surface area is 307 Å². The quantitative estimate of drug-likeness (QED) is 0.0803. The number of aromatic amines is 1. The summed E-state index contributed by atoms with van der Waals surface area (Å²) in [5.74, 6) is 0.603. The molecular formula is C23H18FK2N4O9+.